The minimum absolute atomic E-state index is 0.0675. The van der Waals surface area contributed by atoms with Gasteiger partial charge in [0.05, 0.1) is 16.5 Å². The van der Waals surface area contributed by atoms with Crippen molar-refractivity contribution in [2.24, 2.45) is 0 Å². The number of hydrogen-bond donors (Lipinski definition) is 1. The minimum Gasteiger partial charge on any atom is -0.332 e. The van der Waals surface area contributed by atoms with Crippen molar-refractivity contribution in [3.8, 4) is 0 Å². The SMILES string of the molecule is O=c1c2ccc(C(F)(F)F)cc2[nH]c(=S)n1C1CCC1. The van der Waals surface area contributed by atoms with E-state index in [1.807, 2.05) is 0 Å². The molecule has 1 aromatic carbocycles. The van der Waals surface area contributed by atoms with E-state index in [0.717, 1.165) is 31.4 Å². The molecule has 1 saturated carbocycles. The number of nitrogens with one attached hydrogen (secondary N) is 1. The number of benzene rings is 1. The third-order valence-electron chi connectivity index (χ3n) is 3.70. The topological polar surface area (TPSA) is 37.8 Å². The van der Waals surface area contributed by atoms with Crippen LogP contribution in [-0.4, -0.2) is 9.55 Å². The van der Waals surface area contributed by atoms with E-state index in [-0.39, 0.29) is 27.3 Å². The third kappa shape index (κ3) is 2.06. The van der Waals surface area contributed by atoms with E-state index in [1.54, 1.807) is 0 Å². The standard InChI is InChI=1S/C13H11F3N2OS/c14-13(15,16)7-4-5-9-10(6-7)17-12(20)18(11(9)19)8-2-1-3-8/h4-6,8H,1-3H2,(H,17,20). The molecule has 1 N–H and O–H groups in total. The molecular weight excluding hydrogens is 289 g/mol. The lowest BCUT2D eigenvalue weighted by molar-refractivity contribution is -0.137. The maximum Gasteiger partial charge on any atom is 0.416 e. The number of aromatic amines is 1. The van der Waals surface area contributed by atoms with Gasteiger partial charge in [-0.1, -0.05) is 0 Å². The van der Waals surface area contributed by atoms with E-state index in [4.69, 9.17) is 12.2 Å². The van der Waals surface area contributed by atoms with Crippen LogP contribution in [0.5, 0.6) is 0 Å². The Labute approximate surface area is 117 Å². The number of hydrogen-bond acceptors (Lipinski definition) is 2. The summed E-state index contributed by atoms with van der Waals surface area (Å²) in [5.74, 6) is 0. The van der Waals surface area contributed by atoms with Crippen LogP contribution in [-0.2, 0) is 6.18 Å². The molecule has 1 heterocycles. The van der Waals surface area contributed by atoms with Crippen LogP contribution < -0.4 is 5.56 Å². The first kappa shape index (κ1) is 13.4. The van der Waals surface area contributed by atoms with Crippen LogP contribution in [0.15, 0.2) is 23.0 Å². The van der Waals surface area contributed by atoms with Crippen molar-refractivity contribution in [1.29, 1.82) is 0 Å². The molecule has 0 amide bonds. The molecule has 3 nitrogen and oxygen atoms in total. The van der Waals surface area contributed by atoms with E-state index in [0.29, 0.717) is 0 Å². The van der Waals surface area contributed by atoms with Gasteiger partial charge in [0.2, 0.25) is 0 Å². The molecule has 0 radical (unpaired) electrons. The van der Waals surface area contributed by atoms with Crippen molar-refractivity contribution in [3.63, 3.8) is 0 Å². The van der Waals surface area contributed by atoms with Gasteiger partial charge < -0.3 is 4.98 Å². The van der Waals surface area contributed by atoms with Gasteiger partial charge in [0, 0.05) is 6.04 Å². The fourth-order valence-corrected chi connectivity index (χ4v) is 2.73. The van der Waals surface area contributed by atoms with Crippen molar-refractivity contribution in [1.82, 2.24) is 9.55 Å². The molecule has 0 saturated heterocycles. The van der Waals surface area contributed by atoms with Gasteiger partial charge in [-0.2, -0.15) is 13.2 Å². The minimum atomic E-state index is -4.44. The largest absolute Gasteiger partial charge is 0.416 e. The Morgan fingerprint density at radius 1 is 1.30 bits per heavy atom. The smallest absolute Gasteiger partial charge is 0.332 e. The normalized spacial score (nSPS) is 16.4. The van der Waals surface area contributed by atoms with Gasteiger partial charge in [0.25, 0.3) is 5.56 Å². The van der Waals surface area contributed by atoms with Crippen LogP contribution >= 0.6 is 12.2 Å². The predicted octanol–water partition coefficient (Wildman–Crippen LogP) is 3.80. The van der Waals surface area contributed by atoms with E-state index in [2.05, 4.69) is 4.98 Å². The van der Waals surface area contributed by atoms with Gasteiger partial charge in [-0.3, -0.25) is 9.36 Å². The second kappa shape index (κ2) is 4.44. The number of H-pyrrole nitrogens is 1. The maximum absolute atomic E-state index is 12.7. The molecule has 2 aromatic rings. The van der Waals surface area contributed by atoms with Crippen molar-refractivity contribution in [3.05, 3.63) is 38.9 Å². The first-order valence-electron chi connectivity index (χ1n) is 6.24. The molecule has 1 aliphatic rings. The Bertz CT molecular complexity index is 787. The molecule has 0 spiro atoms. The Balaban J connectivity index is 2.25. The molecular formula is C13H11F3N2OS. The summed E-state index contributed by atoms with van der Waals surface area (Å²) in [4.78, 5) is 15.1. The van der Waals surface area contributed by atoms with Crippen molar-refractivity contribution >= 4 is 23.1 Å². The Hall–Kier alpha value is -1.63. The number of aromatic nitrogens is 2. The van der Waals surface area contributed by atoms with Gasteiger partial charge in [-0.25, -0.2) is 0 Å². The predicted molar refractivity (Wildman–Crippen MR) is 71.3 cm³/mol. The molecule has 3 rings (SSSR count). The molecule has 0 unspecified atom stereocenters. The summed E-state index contributed by atoms with van der Waals surface area (Å²) in [5, 5.41) is 0.235. The summed E-state index contributed by atoms with van der Waals surface area (Å²) in [6, 6.07) is 3.13. The summed E-state index contributed by atoms with van der Waals surface area (Å²) in [7, 11) is 0. The molecule has 1 fully saturated rings. The quantitative estimate of drug-likeness (QED) is 0.813. The van der Waals surface area contributed by atoms with Gasteiger partial charge in [0.1, 0.15) is 0 Å². The molecule has 1 aliphatic carbocycles. The van der Waals surface area contributed by atoms with Crippen LogP contribution in [0.4, 0.5) is 13.2 Å². The Morgan fingerprint density at radius 3 is 2.55 bits per heavy atom. The fourth-order valence-electron chi connectivity index (χ4n) is 2.38. The summed E-state index contributed by atoms with van der Waals surface area (Å²) in [6.07, 6.45) is -1.64. The lowest BCUT2D eigenvalue weighted by Gasteiger charge is -2.27. The number of fused-ring (bicyclic) bond motifs is 1. The van der Waals surface area contributed by atoms with Crippen LogP contribution in [0, 0.1) is 4.77 Å². The Kier molecular flexibility index (Phi) is 2.97. The summed E-state index contributed by atoms with van der Waals surface area (Å²) >= 11 is 5.11. The zero-order valence-electron chi connectivity index (χ0n) is 10.3. The number of halogens is 3. The summed E-state index contributed by atoms with van der Waals surface area (Å²) < 4.78 is 39.7. The highest BCUT2D eigenvalue weighted by molar-refractivity contribution is 7.71. The zero-order chi connectivity index (χ0) is 14.5. The number of rotatable bonds is 1. The second-order valence-electron chi connectivity index (χ2n) is 4.95. The average Bonchev–Trinajstić information content (AvgIpc) is 2.30. The maximum atomic E-state index is 12.7. The van der Waals surface area contributed by atoms with Gasteiger partial charge in [-0.05, 0) is 49.7 Å². The van der Waals surface area contributed by atoms with Crippen molar-refractivity contribution in [2.45, 2.75) is 31.5 Å². The van der Waals surface area contributed by atoms with Crippen LogP contribution in [0.25, 0.3) is 10.9 Å². The number of alkyl halides is 3. The molecule has 0 atom stereocenters. The first-order valence-corrected chi connectivity index (χ1v) is 6.64. The van der Waals surface area contributed by atoms with E-state index < -0.39 is 11.7 Å². The summed E-state index contributed by atoms with van der Waals surface area (Å²) in [6.45, 7) is 0. The van der Waals surface area contributed by atoms with E-state index in [1.165, 1.54) is 10.6 Å². The van der Waals surface area contributed by atoms with Crippen LogP contribution in [0.3, 0.4) is 0 Å². The van der Waals surface area contributed by atoms with Gasteiger partial charge >= 0.3 is 6.18 Å². The van der Waals surface area contributed by atoms with Crippen LogP contribution in [0.2, 0.25) is 0 Å². The zero-order valence-corrected chi connectivity index (χ0v) is 11.1. The molecule has 1 aromatic heterocycles. The molecule has 7 heteroatoms. The summed E-state index contributed by atoms with van der Waals surface area (Å²) in [5.41, 5.74) is -0.982. The highest BCUT2D eigenvalue weighted by Crippen LogP contribution is 2.32. The van der Waals surface area contributed by atoms with Crippen molar-refractivity contribution in [2.75, 3.05) is 0 Å². The first-order chi connectivity index (χ1) is 9.38. The second-order valence-corrected chi connectivity index (χ2v) is 5.33. The van der Waals surface area contributed by atoms with Gasteiger partial charge in [0.15, 0.2) is 4.77 Å². The average molecular weight is 300 g/mol. The van der Waals surface area contributed by atoms with E-state index >= 15 is 0 Å². The fraction of sp³-hybridized carbons (Fsp3) is 0.385. The van der Waals surface area contributed by atoms with E-state index in [9.17, 15) is 18.0 Å². The highest BCUT2D eigenvalue weighted by Gasteiger charge is 2.31. The monoisotopic (exact) mass is 300 g/mol. The number of nitrogens with zero attached hydrogens (tertiary/aromatic N) is 1. The Morgan fingerprint density at radius 2 is 2.00 bits per heavy atom. The molecule has 106 valence electrons. The lowest BCUT2D eigenvalue weighted by atomic mass is 9.93. The molecule has 0 aliphatic heterocycles. The highest BCUT2D eigenvalue weighted by atomic mass is 32.1. The lowest BCUT2D eigenvalue weighted by Crippen LogP contribution is -2.30. The van der Waals surface area contributed by atoms with Crippen molar-refractivity contribution < 1.29 is 13.2 Å². The third-order valence-corrected chi connectivity index (χ3v) is 4.00. The van der Waals surface area contributed by atoms with Crippen LogP contribution in [0.1, 0.15) is 30.9 Å². The van der Waals surface area contributed by atoms with Gasteiger partial charge in [-0.15, -0.1) is 0 Å². The molecule has 20 heavy (non-hydrogen) atoms. The molecule has 0 bridgehead atoms.